The number of rotatable bonds is 7. The highest BCUT2D eigenvalue weighted by atomic mass is 35.5. The maximum atomic E-state index is 13.9. The Morgan fingerprint density at radius 3 is 2.33 bits per heavy atom. The normalized spacial score (nSPS) is 26.5. The lowest BCUT2D eigenvalue weighted by Gasteiger charge is -2.48. The molecule has 1 unspecified atom stereocenters. The SMILES string of the molecule is CCOC(=O)N1CCC(N2CCC2C(=O)N2C[C@H](S(=O)(=O)c3ccc(Cl)cc3)C[C@H]2C(=O)NC2(C#N)CC2)CC1. The number of nitrogens with one attached hydrogen (secondary N) is 1. The molecule has 0 radical (unpaired) electrons. The predicted octanol–water partition coefficient (Wildman–Crippen LogP) is 1.95. The van der Waals surface area contributed by atoms with Crippen molar-refractivity contribution < 1.29 is 27.5 Å². The highest BCUT2D eigenvalue weighted by Gasteiger charge is 2.52. The lowest BCUT2D eigenvalue weighted by atomic mass is 9.93. The number of piperidine rings is 1. The number of nitriles is 1. The van der Waals surface area contributed by atoms with Crippen molar-refractivity contribution in [2.45, 2.75) is 79.3 Å². The van der Waals surface area contributed by atoms with Gasteiger partial charge in [0.25, 0.3) is 0 Å². The molecule has 0 aromatic heterocycles. The molecule has 3 amide bonds. The number of amides is 3. The topological polar surface area (TPSA) is 140 Å². The second-order valence-corrected chi connectivity index (χ2v) is 13.7. The van der Waals surface area contributed by atoms with Crippen molar-refractivity contribution >= 4 is 39.3 Å². The van der Waals surface area contributed by atoms with E-state index in [2.05, 4.69) is 16.3 Å². The Kier molecular flexibility index (Phi) is 8.01. The predicted molar refractivity (Wildman–Crippen MR) is 145 cm³/mol. The van der Waals surface area contributed by atoms with Crippen LogP contribution in [-0.2, 0) is 24.2 Å². The van der Waals surface area contributed by atoms with Crippen molar-refractivity contribution in [1.82, 2.24) is 20.0 Å². The van der Waals surface area contributed by atoms with E-state index in [-0.39, 0.29) is 35.9 Å². The van der Waals surface area contributed by atoms with Gasteiger partial charge in [0.1, 0.15) is 11.6 Å². The fourth-order valence-corrected chi connectivity index (χ4v) is 7.75. The van der Waals surface area contributed by atoms with Crippen LogP contribution in [0.1, 0.15) is 45.4 Å². The molecule has 0 bridgehead atoms. The molecular weight excluding hydrogens is 558 g/mol. The third kappa shape index (κ3) is 5.51. The highest BCUT2D eigenvalue weighted by molar-refractivity contribution is 7.92. The van der Waals surface area contributed by atoms with Crippen LogP contribution < -0.4 is 5.32 Å². The fourth-order valence-electron chi connectivity index (χ4n) is 5.94. The quantitative estimate of drug-likeness (QED) is 0.507. The van der Waals surface area contributed by atoms with E-state index in [4.69, 9.17) is 16.3 Å². The second-order valence-electron chi connectivity index (χ2n) is 11.0. The number of carbonyl (C=O) groups is 3. The molecule has 216 valence electrons. The van der Waals surface area contributed by atoms with E-state index >= 15 is 0 Å². The van der Waals surface area contributed by atoms with Crippen LogP contribution in [0, 0.1) is 11.3 Å². The van der Waals surface area contributed by atoms with Gasteiger partial charge in [-0.05, 0) is 69.7 Å². The molecule has 4 aliphatic rings. The number of likely N-dealkylation sites (tertiary alicyclic amines) is 3. The van der Waals surface area contributed by atoms with Crippen LogP contribution in [0.15, 0.2) is 29.2 Å². The molecule has 1 aromatic carbocycles. The van der Waals surface area contributed by atoms with Gasteiger partial charge in [0.2, 0.25) is 11.8 Å². The average molecular weight is 592 g/mol. The number of nitrogens with zero attached hydrogens (tertiary/aromatic N) is 4. The maximum Gasteiger partial charge on any atom is 0.409 e. The average Bonchev–Trinajstić information content (AvgIpc) is 3.53. The van der Waals surface area contributed by atoms with Gasteiger partial charge in [-0.2, -0.15) is 5.26 Å². The molecule has 11 nitrogen and oxygen atoms in total. The van der Waals surface area contributed by atoms with Crippen LogP contribution in [0.5, 0.6) is 0 Å². The third-order valence-corrected chi connectivity index (χ3v) is 11.0. The van der Waals surface area contributed by atoms with Crippen LogP contribution in [0.3, 0.4) is 0 Å². The molecule has 1 aliphatic carbocycles. The maximum absolute atomic E-state index is 13.9. The molecule has 1 N–H and O–H groups in total. The van der Waals surface area contributed by atoms with E-state index in [0.717, 1.165) is 6.54 Å². The Hall–Kier alpha value is -2.88. The first-order chi connectivity index (χ1) is 19.1. The van der Waals surface area contributed by atoms with E-state index in [0.29, 0.717) is 56.8 Å². The summed E-state index contributed by atoms with van der Waals surface area (Å²) in [5.41, 5.74) is -0.936. The smallest absolute Gasteiger partial charge is 0.409 e. The number of ether oxygens (including phenoxy) is 1. The first kappa shape index (κ1) is 28.6. The minimum Gasteiger partial charge on any atom is -0.450 e. The Labute approximate surface area is 239 Å². The number of halogens is 1. The lowest BCUT2D eigenvalue weighted by Crippen LogP contribution is -2.63. The van der Waals surface area contributed by atoms with Gasteiger partial charge in [0.15, 0.2) is 9.84 Å². The van der Waals surface area contributed by atoms with E-state index in [1.54, 1.807) is 11.8 Å². The summed E-state index contributed by atoms with van der Waals surface area (Å²) in [6, 6.07) is 6.65. The van der Waals surface area contributed by atoms with Crippen LogP contribution in [0.4, 0.5) is 4.79 Å². The molecule has 40 heavy (non-hydrogen) atoms. The Balaban J connectivity index is 1.31. The van der Waals surface area contributed by atoms with Gasteiger partial charge in [-0.15, -0.1) is 0 Å². The lowest BCUT2D eigenvalue weighted by molar-refractivity contribution is -0.148. The van der Waals surface area contributed by atoms with Crippen molar-refractivity contribution in [3.8, 4) is 6.07 Å². The first-order valence-corrected chi connectivity index (χ1v) is 15.7. The minimum atomic E-state index is -3.85. The molecule has 4 fully saturated rings. The molecule has 1 aromatic rings. The number of hydrogen-bond acceptors (Lipinski definition) is 8. The Morgan fingerprint density at radius 1 is 1.10 bits per heavy atom. The van der Waals surface area contributed by atoms with E-state index in [1.165, 1.54) is 29.2 Å². The van der Waals surface area contributed by atoms with Crippen LogP contribution in [0.2, 0.25) is 5.02 Å². The molecule has 0 spiro atoms. The van der Waals surface area contributed by atoms with Crippen LogP contribution in [0.25, 0.3) is 0 Å². The number of sulfone groups is 1. The molecule has 13 heteroatoms. The summed E-state index contributed by atoms with van der Waals surface area (Å²) >= 11 is 5.95. The second kappa shape index (κ2) is 11.2. The first-order valence-electron chi connectivity index (χ1n) is 13.8. The van der Waals surface area contributed by atoms with Gasteiger partial charge in [0.05, 0.1) is 28.9 Å². The van der Waals surface area contributed by atoms with Gasteiger partial charge >= 0.3 is 6.09 Å². The number of carbonyl (C=O) groups excluding carboxylic acids is 3. The fraction of sp³-hybridized carbons (Fsp3) is 0.630. The van der Waals surface area contributed by atoms with Gasteiger partial charge in [-0.1, -0.05) is 11.6 Å². The molecule has 1 saturated carbocycles. The van der Waals surface area contributed by atoms with E-state index in [1.807, 2.05) is 0 Å². The van der Waals surface area contributed by atoms with Gasteiger partial charge < -0.3 is 19.9 Å². The summed E-state index contributed by atoms with van der Waals surface area (Å²) in [5.74, 6) is -0.760. The van der Waals surface area contributed by atoms with Crippen molar-refractivity contribution in [3.05, 3.63) is 29.3 Å². The molecular formula is C27H34ClN5O6S. The van der Waals surface area contributed by atoms with Crippen molar-refractivity contribution in [2.75, 3.05) is 32.8 Å². The minimum absolute atomic E-state index is 0.0469. The van der Waals surface area contributed by atoms with Crippen molar-refractivity contribution in [3.63, 3.8) is 0 Å². The Bertz CT molecular complexity index is 1300. The number of hydrogen-bond donors (Lipinski definition) is 1. The molecule has 3 saturated heterocycles. The molecule has 3 heterocycles. The summed E-state index contributed by atoms with van der Waals surface area (Å²) < 4.78 is 32.1. The number of benzene rings is 1. The summed E-state index contributed by atoms with van der Waals surface area (Å²) in [6.07, 6.45) is 2.69. The van der Waals surface area contributed by atoms with E-state index < -0.39 is 38.6 Å². The van der Waals surface area contributed by atoms with Crippen molar-refractivity contribution in [1.29, 1.82) is 5.26 Å². The van der Waals surface area contributed by atoms with E-state index in [9.17, 15) is 28.1 Å². The largest absolute Gasteiger partial charge is 0.450 e. The summed E-state index contributed by atoms with van der Waals surface area (Å²) in [5, 5.41) is 11.7. The summed E-state index contributed by atoms with van der Waals surface area (Å²) in [7, 11) is -3.85. The van der Waals surface area contributed by atoms with Gasteiger partial charge in [-0.3, -0.25) is 14.5 Å². The van der Waals surface area contributed by atoms with Gasteiger partial charge in [-0.25, -0.2) is 13.2 Å². The highest BCUT2D eigenvalue weighted by Crippen LogP contribution is 2.37. The third-order valence-electron chi connectivity index (χ3n) is 8.56. The zero-order valence-corrected chi connectivity index (χ0v) is 24.0. The monoisotopic (exact) mass is 591 g/mol. The molecule has 3 atom stereocenters. The molecule has 3 aliphatic heterocycles. The van der Waals surface area contributed by atoms with Crippen molar-refractivity contribution in [2.24, 2.45) is 0 Å². The van der Waals surface area contributed by atoms with Crippen LogP contribution in [-0.4, -0.2) is 103 Å². The summed E-state index contributed by atoms with van der Waals surface area (Å²) in [6.45, 7) is 3.77. The zero-order chi connectivity index (χ0) is 28.7. The van der Waals surface area contributed by atoms with Crippen LogP contribution >= 0.6 is 11.6 Å². The zero-order valence-electron chi connectivity index (χ0n) is 22.4. The molecule has 5 rings (SSSR count). The van der Waals surface area contributed by atoms with Gasteiger partial charge in [0, 0.05) is 37.2 Å². The Morgan fingerprint density at radius 2 is 1.77 bits per heavy atom. The standard InChI is InChI=1S/C27H34ClN5O6S/c1-2-39-26(36)31-12-7-19(8-13-31)32-14-9-22(32)25(35)33-16-21(40(37,38)20-5-3-18(28)4-6-20)15-23(33)24(34)30-27(17-29)10-11-27/h3-6,19,21-23H,2,7-16H2,1H3,(H,30,34)/t21-,22?,23+/m1/s1. The summed E-state index contributed by atoms with van der Waals surface area (Å²) in [4.78, 5) is 44.6.